The molecule has 1 aliphatic rings. The Morgan fingerprint density at radius 1 is 1.03 bits per heavy atom. The zero-order valence-corrected chi connectivity index (χ0v) is 20.1. The van der Waals surface area contributed by atoms with E-state index in [0.717, 1.165) is 58.9 Å². The van der Waals surface area contributed by atoms with Crippen LogP contribution >= 0.6 is 0 Å². The van der Waals surface area contributed by atoms with Crippen LogP contribution in [0.1, 0.15) is 41.9 Å². The average molecular weight is 468 g/mol. The topological polar surface area (TPSA) is 71.5 Å². The van der Waals surface area contributed by atoms with E-state index < -0.39 is 12.1 Å². The van der Waals surface area contributed by atoms with E-state index in [1.54, 1.807) is 6.92 Å². The quantitative estimate of drug-likeness (QED) is 0.388. The summed E-state index contributed by atoms with van der Waals surface area (Å²) in [6.07, 6.45) is 0.873. The predicted molar refractivity (Wildman–Crippen MR) is 138 cm³/mol. The molecule has 1 unspecified atom stereocenters. The minimum Gasteiger partial charge on any atom is -0.449 e. The number of aromatic nitrogens is 1. The van der Waals surface area contributed by atoms with Gasteiger partial charge in [0.1, 0.15) is 0 Å². The Morgan fingerprint density at radius 3 is 2.60 bits per heavy atom. The van der Waals surface area contributed by atoms with Crippen LogP contribution < -0.4 is 5.32 Å². The highest BCUT2D eigenvalue weighted by atomic mass is 16.5. The van der Waals surface area contributed by atoms with E-state index in [1.165, 1.54) is 0 Å². The second-order valence-electron chi connectivity index (χ2n) is 9.02. The number of esters is 1. The molecule has 0 fully saturated rings. The van der Waals surface area contributed by atoms with Gasteiger partial charge >= 0.3 is 5.97 Å². The minimum absolute atomic E-state index is 0.366. The van der Waals surface area contributed by atoms with Crippen LogP contribution in [0, 0.1) is 0 Å². The summed E-state index contributed by atoms with van der Waals surface area (Å²) in [5.41, 5.74) is 3.84. The van der Waals surface area contributed by atoms with Gasteiger partial charge in [0.25, 0.3) is 5.91 Å². The maximum atomic E-state index is 13.5. The van der Waals surface area contributed by atoms with Crippen LogP contribution in [-0.4, -0.2) is 41.0 Å². The summed E-state index contributed by atoms with van der Waals surface area (Å²) >= 11 is 0. The Kier molecular flexibility index (Phi) is 6.47. The number of anilines is 1. The number of pyridine rings is 1. The van der Waals surface area contributed by atoms with Crippen LogP contribution in [0.25, 0.3) is 21.7 Å². The summed E-state index contributed by atoms with van der Waals surface area (Å²) in [6, 6.07) is 21.2. The standard InChI is InChI=1S/C29H29N3O3/c1-3-16-32-17-15-26-23(18-32)27(22-12-6-7-13-25(22)30-26)29(34)35-19(2)28(33)31-24-14-8-10-20-9-4-5-11-21(20)24/h4-14,19H,3,15-18H2,1-2H3,(H,31,33). The van der Waals surface area contributed by atoms with Gasteiger partial charge in [-0.05, 0) is 37.4 Å². The molecule has 35 heavy (non-hydrogen) atoms. The van der Waals surface area contributed by atoms with Crippen LogP contribution in [0.2, 0.25) is 0 Å². The number of benzene rings is 3. The van der Waals surface area contributed by atoms with Crippen LogP contribution in [0.5, 0.6) is 0 Å². The molecule has 0 saturated heterocycles. The first-order valence-electron chi connectivity index (χ1n) is 12.2. The first-order valence-corrected chi connectivity index (χ1v) is 12.2. The molecule has 1 amide bonds. The molecular weight excluding hydrogens is 438 g/mol. The van der Waals surface area contributed by atoms with Crippen molar-refractivity contribution in [2.24, 2.45) is 0 Å². The highest BCUT2D eigenvalue weighted by molar-refractivity contribution is 6.07. The third-order valence-corrected chi connectivity index (χ3v) is 6.57. The molecule has 6 nitrogen and oxygen atoms in total. The third kappa shape index (κ3) is 4.62. The summed E-state index contributed by atoms with van der Waals surface area (Å²) in [7, 11) is 0. The number of para-hydroxylation sites is 1. The van der Waals surface area contributed by atoms with Gasteiger partial charge in [-0.15, -0.1) is 0 Å². The fourth-order valence-electron chi connectivity index (χ4n) is 4.83. The van der Waals surface area contributed by atoms with Crippen molar-refractivity contribution in [3.05, 3.63) is 83.6 Å². The van der Waals surface area contributed by atoms with E-state index in [-0.39, 0.29) is 5.91 Å². The summed E-state index contributed by atoms with van der Waals surface area (Å²) in [4.78, 5) is 33.7. The van der Waals surface area contributed by atoms with Crippen molar-refractivity contribution in [2.45, 2.75) is 39.3 Å². The van der Waals surface area contributed by atoms with E-state index in [4.69, 9.17) is 9.72 Å². The summed E-state index contributed by atoms with van der Waals surface area (Å²) < 4.78 is 5.75. The fraction of sp³-hybridized carbons (Fsp3) is 0.276. The lowest BCUT2D eigenvalue weighted by Crippen LogP contribution is -2.34. The monoisotopic (exact) mass is 467 g/mol. The van der Waals surface area contributed by atoms with Crippen LogP contribution in [0.3, 0.4) is 0 Å². The number of nitrogens with zero attached hydrogens (tertiary/aromatic N) is 2. The largest absolute Gasteiger partial charge is 0.449 e. The number of nitrogens with one attached hydrogen (secondary N) is 1. The van der Waals surface area contributed by atoms with E-state index in [9.17, 15) is 9.59 Å². The molecule has 0 aliphatic carbocycles. The molecule has 0 radical (unpaired) electrons. The molecule has 1 atom stereocenters. The lowest BCUT2D eigenvalue weighted by molar-refractivity contribution is -0.123. The Morgan fingerprint density at radius 2 is 1.77 bits per heavy atom. The third-order valence-electron chi connectivity index (χ3n) is 6.57. The number of fused-ring (bicyclic) bond motifs is 3. The zero-order chi connectivity index (χ0) is 24.4. The van der Waals surface area contributed by atoms with E-state index in [2.05, 4.69) is 17.1 Å². The van der Waals surface area contributed by atoms with Gasteiger partial charge in [0.05, 0.1) is 11.1 Å². The molecule has 178 valence electrons. The van der Waals surface area contributed by atoms with Crippen molar-refractivity contribution in [3.63, 3.8) is 0 Å². The lowest BCUT2D eigenvalue weighted by atomic mass is 9.95. The number of rotatable bonds is 6. The minimum atomic E-state index is -0.959. The van der Waals surface area contributed by atoms with Crippen molar-refractivity contribution in [1.29, 1.82) is 0 Å². The van der Waals surface area contributed by atoms with Crippen LogP contribution in [0.15, 0.2) is 66.7 Å². The lowest BCUT2D eigenvalue weighted by Gasteiger charge is -2.29. The van der Waals surface area contributed by atoms with E-state index >= 15 is 0 Å². The number of hydrogen-bond acceptors (Lipinski definition) is 5. The first-order chi connectivity index (χ1) is 17.0. The second kappa shape index (κ2) is 9.84. The van der Waals surface area contributed by atoms with Crippen molar-refractivity contribution < 1.29 is 14.3 Å². The Bertz CT molecular complexity index is 1410. The zero-order valence-electron chi connectivity index (χ0n) is 20.1. The molecule has 4 aromatic rings. The molecule has 1 aromatic heterocycles. The number of carbonyl (C=O) groups excluding carboxylic acids is 2. The number of amides is 1. The van der Waals surface area contributed by atoms with Crippen molar-refractivity contribution in [1.82, 2.24) is 9.88 Å². The maximum absolute atomic E-state index is 13.5. The van der Waals surface area contributed by atoms with Gasteiger partial charge in [-0.25, -0.2) is 4.79 Å². The van der Waals surface area contributed by atoms with Crippen molar-refractivity contribution >= 4 is 39.2 Å². The fourth-order valence-corrected chi connectivity index (χ4v) is 4.83. The molecular formula is C29H29N3O3. The van der Waals surface area contributed by atoms with Gasteiger partial charge in [-0.3, -0.25) is 14.7 Å². The maximum Gasteiger partial charge on any atom is 0.339 e. The number of hydrogen-bond donors (Lipinski definition) is 1. The van der Waals surface area contributed by atoms with Crippen LogP contribution in [0.4, 0.5) is 5.69 Å². The predicted octanol–water partition coefficient (Wildman–Crippen LogP) is 5.34. The van der Waals surface area contributed by atoms with E-state index in [1.807, 2.05) is 66.7 Å². The second-order valence-corrected chi connectivity index (χ2v) is 9.02. The van der Waals surface area contributed by atoms with Gasteiger partial charge in [0.15, 0.2) is 6.10 Å². The van der Waals surface area contributed by atoms with E-state index in [0.29, 0.717) is 17.8 Å². The Balaban J connectivity index is 1.42. The molecule has 5 rings (SSSR count). The molecule has 6 heteroatoms. The smallest absolute Gasteiger partial charge is 0.339 e. The normalized spacial score (nSPS) is 14.5. The number of ether oxygens (including phenoxy) is 1. The van der Waals surface area contributed by atoms with Crippen molar-refractivity contribution in [2.75, 3.05) is 18.4 Å². The first kappa shape index (κ1) is 23.0. The van der Waals surface area contributed by atoms with Gasteiger partial charge in [-0.1, -0.05) is 61.5 Å². The Hall–Kier alpha value is -3.77. The van der Waals surface area contributed by atoms with Gasteiger partial charge in [0.2, 0.25) is 0 Å². The highest BCUT2D eigenvalue weighted by Gasteiger charge is 2.28. The van der Waals surface area contributed by atoms with Gasteiger partial charge < -0.3 is 10.1 Å². The van der Waals surface area contributed by atoms with Crippen LogP contribution in [-0.2, 0) is 22.5 Å². The molecule has 1 aliphatic heterocycles. The molecule has 0 saturated carbocycles. The van der Waals surface area contributed by atoms with Gasteiger partial charge in [-0.2, -0.15) is 0 Å². The molecule has 3 aromatic carbocycles. The summed E-state index contributed by atoms with van der Waals surface area (Å²) in [5.74, 6) is -0.853. The average Bonchev–Trinajstić information content (AvgIpc) is 2.87. The molecule has 0 spiro atoms. The van der Waals surface area contributed by atoms with Gasteiger partial charge in [0, 0.05) is 47.2 Å². The van der Waals surface area contributed by atoms with Crippen molar-refractivity contribution in [3.8, 4) is 0 Å². The SMILES string of the molecule is CCCN1CCc2nc3ccccc3c(C(=O)OC(C)C(=O)Nc3cccc4ccccc34)c2C1. The number of carbonyl (C=O) groups is 2. The molecule has 2 heterocycles. The summed E-state index contributed by atoms with van der Waals surface area (Å²) in [6.45, 7) is 6.30. The Labute approximate surface area is 204 Å². The molecule has 0 bridgehead atoms. The highest BCUT2D eigenvalue weighted by Crippen LogP contribution is 2.29. The summed E-state index contributed by atoms with van der Waals surface area (Å²) in [5, 5.41) is 5.65. The molecule has 1 N–H and O–H groups in total.